The van der Waals surface area contributed by atoms with Crippen LogP contribution < -0.4 is 10.1 Å². The fourth-order valence-electron chi connectivity index (χ4n) is 5.70. The van der Waals surface area contributed by atoms with E-state index in [-0.39, 0.29) is 11.7 Å². The zero-order chi connectivity index (χ0) is 31.8. The molecule has 0 atom stereocenters. The number of carbonyl (C=O) groups excluding carboxylic acids is 1. The number of benzene rings is 2. The molecule has 0 spiro atoms. The standard InChI is InChI=1S/C35H35FN8O2/c1-35(2,3)34(45)39-24-14-22(18-37-19-24)29-17-27-30(20-38-29)42-43-32(27)33-40-28-8-6-7-26(31(28)41-33)21-13-23(36)16-25(15-21)46-12-11-44-9-4-5-10-44/h6-8,13-20H,4-5,9-12H2,1-3H3,(H,39,45)(H,40,41)(H,42,43). The number of likely N-dealkylation sites (tertiary alicyclic amines) is 1. The smallest absolute Gasteiger partial charge is 0.229 e. The second-order valence-electron chi connectivity index (χ2n) is 12.7. The van der Waals surface area contributed by atoms with Gasteiger partial charge in [0.05, 0.1) is 40.3 Å². The lowest BCUT2D eigenvalue weighted by Gasteiger charge is -2.17. The van der Waals surface area contributed by atoms with Crippen LogP contribution in [0.3, 0.4) is 0 Å². The molecule has 7 rings (SSSR count). The quantitative estimate of drug-likeness (QED) is 0.171. The van der Waals surface area contributed by atoms with Crippen LogP contribution in [-0.4, -0.2) is 67.2 Å². The van der Waals surface area contributed by atoms with Gasteiger partial charge in [0.1, 0.15) is 23.9 Å². The van der Waals surface area contributed by atoms with E-state index >= 15 is 0 Å². The van der Waals surface area contributed by atoms with Gasteiger partial charge in [0, 0.05) is 40.7 Å². The average molecular weight is 619 g/mol. The van der Waals surface area contributed by atoms with Gasteiger partial charge in [-0.1, -0.05) is 32.9 Å². The number of para-hydroxylation sites is 1. The van der Waals surface area contributed by atoms with Crippen molar-refractivity contribution in [3.05, 3.63) is 72.9 Å². The van der Waals surface area contributed by atoms with Crippen LogP contribution >= 0.6 is 0 Å². The van der Waals surface area contributed by atoms with Crippen molar-refractivity contribution in [3.63, 3.8) is 0 Å². The number of imidazole rings is 1. The van der Waals surface area contributed by atoms with Crippen LogP contribution in [0.4, 0.5) is 10.1 Å². The Labute approximate surface area is 265 Å². The van der Waals surface area contributed by atoms with Crippen LogP contribution in [0.25, 0.3) is 55.8 Å². The van der Waals surface area contributed by atoms with E-state index in [2.05, 4.69) is 35.4 Å². The van der Waals surface area contributed by atoms with Gasteiger partial charge in [0.25, 0.3) is 0 Å². The van der Waals surface area contributed by atoms with Crippen LogP contribution in [0.1, 0.15) is 33.6 Å². The predicted molar refractivity (Wildman–Crippen MR) is 177 cm³/mol. The van der Waals surface area contributed by atoms with Gasteiger partial charge in [-0.05, 0) is 61.8 Å². The third kappa shape index (κ3) is 6.05. The minimum atomic E-state index is -0.539. The van der Waals surface area contributed by atoms with Crippen LogP contribution in [-0.2, 0) is 4.79 Å². The summed E-state index contributed by atoms with van der Waals surface area (Å²) in [7, 11) is 0. The highest BCUT2D eigenvalue weighted by Crippen LogP contribution is 2.34. The lowest BCUT2D eigenvalue weighted by Crippen LogP contribution is -2.27. The van der Waals surface area contributed by atoms with Gasteiger partial charge < -0.3 is 15.0 Å². The molecule has 11 heteroatoms. The first-order chi connectivity index (χ1) is 22.2. The van der Waals surface area contributed by atoms with Crippen molar-refractivity contribution in [2.75, 3.05) is 31.6 Å². The zero-order valence-electron chi connectivity index (χ0n) is 26.0. The molecule has 1 amide bonds. The summed E-state index contributed by atoms with van der Waals surface area (Å²) in [6.45, 7) is 9.09. The number of nitrogens with zero attached hydrogens (tertiary/aromatic N) is 5. The molecule has 0 bridgehead atoms. The van der Waals surface area contributed by atoms with E-state index in [9.17, 15) is 9.18 Å². The van der Waals surface area contributed by atoms with Gasteiger partial charge in [0.15, 0.2) is 5.82 Å². The summed E-state index contributed by atoms with van der Waals surface area (Å²) in [5, 5.41) is 11.4. The van der Waals surface area contributed by atoms with E-state index in [4.69, 9.17) is 9.72 Å². The molecular formula is C35H35FN8O2. The number of halogens is 1. The molecule has 4 aromatic heterocycles. The highest BCUT2D eigenvalue weighted by atomic mass is 19.1. The summed E-state index contributed by atoms with van der Waals surface area (Å²) in [5.41, 5.74) is 5.79. The molecule has 1 fully saturated rings. The summed E-state index contributed by atoms with van der Waals surface area (Å²) < 4.78 is 20.8. The second-order valence-corrected chi connectivity index (χ2v) is 12.7. The number of hydrogen-bond donors (Lipinski definition) is 3. The van der Waals surface area contributed by atoms with E-state index in [1.165, 1.54) is 25.0 Å². The average Bonchev–Trinajstić information content (AvgIpc) is 3.80. The first kappa shape index (κ1) is 29.5. The molecule has 0 aliphatic carbocycles. The molecule has 0 radical (unpaired) electrons. The first-order valence-electron chi connectivity index (χ1n) is 15.5. The minimum Gasteiger partial charge on any atom is -0.492 e. The van der Waals surface area contributed by atoms with E-state index in [1.807, 2.05) is 57.2 Å². The fourth-order valence-corrected chi connectivity index (χ4v) is 5.70. The number of carbonyl (C=O) groups is 1. The van der Waals surface area contributed by atoms with Crippen LogP contribution in [0.2, 0.25) is 0 Å². The molecule has 2 aromatic carbocycles. The summed E-state index contributed by atoms with van der Waals surface area (Å²) in [5.74, 6) is 0.595. The lowest BCUT2D eigenvalue weighted by molar-refractivity contribution is -0.123. The predicted octanol–water partition coefficient (Wildman–Crippen LogP) is 6.83. The highest BCUT2D eigenvalue weighted by molar-refractivity contribution is 5.98. The van der Waals surface area contributed by atoms with Gasteiger partial charge in [-0.15, -0.1) is 0 Å². The maximum atomic E-state index is 14.8. The molecule has 1 aliphatic rings. The molecular weight excluding hydrogens is 583 g/mol. The van der Waals surface area contributed by atoms with Gasteiger partial charge in [-0.3, -0.25) is 24.8 Å². The minimum absolute atomic E-state index is 0.101. The largest absolute Gasteiger partial charge is 0.492 e. The fraction of sp³-hybridized carbons (Fsp3) is 0.286. The van der Waals surface area contributed by atoms with Gasteiger partial charge >= 0.3 is 0 Å². The number of aromatic nitrogens is 6. The van der Waals surface area contributed by atoms with Crippen molar-refractivity contribution in [1.82, 2.24) is 35.0 Å². The summed E-state index contributed by atoms with van der Waals surface area (Å²) >= 11 is 0. The van der Waals surface area contributed by atoms with Crippen LogP contribution in [0.15, 0.2) is 67.1 Å². The van der Waals surface area contributed by atoms with Crippen LogP contribution in [0.5, 0.6) is 5.75 Å². The van der Waals surface area contributed by atoms with Crippen molar-refractivity contribution in [1.29, 1.82) is 0 Å². The Bertz CT molecular complexity index is 2060. The molecule has 3 N–H and O–H groups in total. The molecule has 0 saturated carbocycles. The van der Waals surface area contributed by atoms with Crippen molar-refractivity contribution in [2.45, 2.75) is 33.6 Å². The zero-order valence-corrected chi connectivity index (χ0v) is 26.0. The number of aromatic amines is 2. The number of ether oxygens (including phenoxy) is 1. The Morgan fingerprint density at radius 1 is 1.02 bits per heavy atom. The molecule has 6 aromatic rings. The second kappa shape index (κ2) is 12.0. The first-order valence-corrected chi connectivity index (χ1v) is 15.5. The SMILES string of the molecule is CC(C)(C)C(=O)Nc1cncc(-c2cc3c(-c4nc5c(-c6cc(F)cc(OCCN7CCCC7)c6)cccc5[nH]4)n[nH]c3cn2)c1. The number of hydrogen-bond acceptors (Lipinski definition) is 7. The molecule has 5 heterocycles. The number of nitrogens with one attached hydrogen (secondary N) is 3. The number of amides is 1. The third-order valence-corrected chi connectivity index (χ3v) is 8.21. The van der Waals surface area contributed by atoms with Crippen molar-refractivity contribution in [2.24, 2.45) is 5.41 Å². The Morgan fingerprint density at radius 2 is 1.87 bits per heavy atom. The highest BCUT2D eigenvalue weighted by Gasteiger charge is 2.22. The van der Waals surface area contributed by atoms with Gasteiger partial charge in [-0.25, -0.2) is 9.37 Å². The van der Waals surface area contributed by atoms with E-state index in [0.29, 0.717) is 46.3 Å². The molecule has 0 unspecified atom stereocenters. The van der Waals surface area contributed by atoms with Crippen molar-refractivity contribution in [3.8, 4) is 39.7 Å². The Balaban J connectivity index is 1.19. The maximum Gasteiger partial charge on any atom is 0.229 e. The molecule has 234 valence electrons. The third-order valence-electron chi connectivity index (χ3n) is 8.21. The Hall–Kier alpha value is -5.16. The lowest BCUT2D eigenvalue weighted by atomic mass is 9.95. The number of pyridine rings is 2. The number of fused-ring (bicyclic) bond motifs is 2. The topological polar surface area (TPSA) is 125 Å². The number of anilines is 1. The Morgan fingerprint density at radius 3 is 2.70 bits per heavy atom. The molecule has 46 heavy (non-hydrogen) atoms. The number of H-pyrrole nitrogens is 2. The van der Waals surface area contributed by atoms with Gasteiger partial charge in [-0.2, -0.15) is 5.10 Å². The summed E-state index contributed by atoms with van der Waals surface area (Å²) in [6.07, 6.45) is 7.47. The molecule has 1 saturated heterocycles. The van der Waals surface area contributed by atoms with E-state index in [1.54, 1.807) is 18.6 Å². The van der Waals surface area contributed by atoms with Crippen molar-refractivity contribution >= 4 is 33.5 Å². The number of rotatable bonds is 8. The molecule has 1 aliphatic heterocycles. The van der Waals surface area contributed by atoms with E-state index in [0.717, 1.165) is 47.2 Å². The summed E-state index contributed by atoms with van der Waals surface area (Å²) in [6, 6.07) is 14.4. The van der Waals surface area contributed by atoms with Crippen LogP contribution in [0, 0.1) is 11.2 Å². The Kier molecular flexibility index (Phi) is 7.69. The monoisotopic (exact) mass is 618 g/mol. The molecule has 10 nitrogen and oxygen atoms in total. The van der Waals surface area contributed by atoms with E-state index < -0.39 is 5.41 Å². The van der Waals surface area contributed by atoms with Crippen molar-refractivity contribution < 1.29 is 13.9 Å². The normalized spacial score (nSPS) is 13.9. The maximum absolute atomic E-state index is 14.8. The summed E-state index contributed by atoms with van der Waals surface area (Å²) in [4.78, 5) is 32.2. The van der Waals surface area contributed by atoms with Gasteiger partial charge in [0.2, 0.25) is 5.91 Å².